The number of hydrogen-bond donors (Lipinski definition) is 1. The molecule has 3 aromatic carbocycles. The zero-order chi connectivity index (χ0) is 23.3. The van der Waals surface area contributed by atoms with Crippen LogP contribution in [0.25, 0.3) is 0 Å². The van der Waals surface area contributed by atoms with E-state index in [1.54, 1.807) is 62.6 Å². The van der Waals surface area contributed by atoms with Crippen molar-refractivity contribution in [3.63, 3.8) is 0 Å². The lowest BCUT2D eigenvalue weighted by atomic mass is 10.2. The molecule has 32 heavy (non-hydrogen) atoms. The molecule has 8 heteroatoms. The number of sulfonamides is 1. The zero-order valence-electron chi connectivity index (χ0n) is 18.1. The van der Waals surface area contributed by atoms with E-state index in [-0.39, 0.29) is 4.90 Å². The van der Waals surface area contributed by atoms with E-state index in [9.17, 15) is 13.2 Å². The fourth-order valence-electron chi connectivity index (χ4n) is 3.27. The lowest BCUT2D eigenvalue weighted by molar-refractivity contribution is -0.114. The number of nitrogens with one attached hydrogen (secondary N) is 1. The summed E-state index contributed by atoms with van der Waals surface area (Å²) in [5.74, 6) is -0.468. The molecular formula is C24H25ClN2O4S. The number of ether oxygens (including phenoxy) is 1. The molecule has 0 spiro atoms. The molecule has 6 nitrogen and oxygen atoms in total. The van der Waals surface area contributed by atoms with E-state index in [2.05, 4.69) is 5.32 Å². The summed E-state index contributed by atoms with van der Waals surface area (Å²) in [6, 6.07) is 18.6. The SMILES string of the molecule is COCc1cccc(NC(=O)CN(c2ccc(Cl)cc2C)S(=O)(=O)c2ccc(C)cc2)c1. The molecule has 0 saturated carbocycles. The standard InChI is InChI=1S/C24H25ClN2O4S/c1-17-7-10-22(11-8-17)32(29,30)27(23-12-9-20(25)13-18(23)2)15-24(28)26-21-6-4-5-19(14-21)16-31-3/h4-14H,15-16H2,1-3H3,(H,26,28). The van der Waals surface area contributed by atoms with Crippen molar-refractivity contribution in [3.8, 4) is 0 Å². The highest BCUT2D eigenvalue weighted by Crippen LogP contribution is 2.29. The number of benzene rings is 3. The van der Waals surface area contributed by atoms with Gasteiger partial charge in [0.15, 0.2) is 0 Å². The summed E-state index contributed by atoms with van der Waals surface area (Å²) in [5.41, 5.74) is 3.42. The van der Waals surface area contributed by atoms with E-state index in [1.165, 1.54) is 12.1 Å². The van der Waals surface area contributed by atoms with Crippen molar-refractivity contribution in [2.45, 2.75) is 25.3 Å². The van der Waals surface area contributed by atoms with Crippen molar-refractivity contribution >= 4 is 38.9 Å². The van der Waals surface area contributed by atoms with Gasteiger partial charge in [-0.15, -0.1) is 0 Å². The van der Waals surface area contributed by atoms with Gasteiger partial charge in [-0.1, -0.05) is 41.4 Å². The van der Waals surface area contributed by atoms with E-state index in [0.29, 0.717) is 28.6 Å². The van der Waals surface area contributed by atoms with Crippen LogP contribution < -0.4 is 9.62 Å². The fraction of sp³-hybridized carbons (Fsp3) is 0.208. The Morgan fingerprint density at radius 1 is 1.03 bits per heavy atom. The molecule has 0 heterocycles. The molecule has 0 saturated heterocycles. The second-order valence-electron chi connectivity index (χ2n) is 7.44. The van der Waals surface area contributed by atoms with Crippen LogP contribution in [0.2, 0.25) is 5.02 Å². The minimum atomic E-state index is -4.00. The van der Waals surface area contributed by atoms with Crippen LogP contribution in [0.4, 0.5) is 11.4 Å². The molecule has 0 bridgehead atoms. The van der Waals surface area contributed by atoms with Crippen LogP contribution in [0, 0.1) is 13.8 Å². The van der Waals surface area contributed by atoms with Gasteiger partial charge in [-0.05, 0) is 67.4 Å². The number of aryl methyl sites for hydroxylation is 2. The van der Waals surface area contributed by atoms with Crippen LogP contribution in [-0.2, 0) is 26.2 Å². The van der Waals surface area contributed by atoms with Crippen molar-refractivity contribution in [3.05, 3.63) is 88.4 Å². The molecule has 3 rings (SSSR count). The number of amides is 1. The third-order valence-electron chi connectivity index (χ3n) is 4.85. The maximum Gasteiger partial charge on any atom is 0.264 e. The van der Waals surface area contributed by atoms with Gasteiger partial charge in [-0.3, -0.25) is 9.10 Å². The molecule has 0 aliphatic carbocycles. The number of hydrogen-bond acceptors (Lipinski definition) is 4. The van der Waals surface area contributed by atoms with Gasteiger partial charge in [0.1, 0.15) is 6.54 Å². The van der Waals surface area contributed by atoms with Crippen LogP contribution in [0.15, 0.2) is 71.6 Å². The highest BCUT2D eigenvalue weighted by Gasteiger charge is 2.28. The second kappa shape index (κ2) is 10.2. The number of methoxy groups -OCH3 is 1. The van der Waals surface area contributed by atoms with Crippen molar-refractivity contribution in [1.82, 2.24) is 0 Å². The van der Waals surface area contributed by atoms with Gasteiger partial charge in [0.2, 0.25) is 5.91 Å². The van der Waals surface area contributed by atoms with Crippen molar-refractivity contribution in [2.75, 3.05) is 23.3 Å². The van der Waals surface area contributed by atoms with Gasteiger partial charge in [0.05, 0.1) is 17.2 Å². The molecule has 0 radical (unpaired) electrons. The average Bonchev–Trinajstić information content (AvgIpc) is 2.73. The van der Waals surface area contributed by atoms with Crippen LogP contribution >= 0.6 is 11.6 Å². The van der Waals surface area contributed by atoms with Crippen LogP contribution in [-0.4, -0.2) is 28.0 Å². The van der Waals surface area contributed by atoms with E-state index < -0.39 is 22.5 Å². The maximum absolute atomic E-state index is 13.5. The monoisotopic (exact) mass is 472 g/mol. The summed E-state index contributed by atoms with van der Waals surface area (Å²) in [5, 5.41) is 3.26. The summed E-state index contributed by atoms with van der Waals surface area (Å²) < 4.78 is 33.2. The number of halogens is 1. The number of anilines is 2. The largest absolute Gasteiger partial charge is 0.380 e. The number of carbonyl (C=O) groups is 1. The fourth-order valence-corrected chi connectivity index (χ4v) is 4.98. The van der Waals surface area contributed by atoms with Gasteiger partial charge in [-0.25, -0.2) is 8.42 Å². The van der Waals surface area contributed by atoms with Crippen LogP contribution in [0.5, 0.6) is 0 Å². The zero-order valence-corrected chi connectivity index (χ0v) is 19.7. The maximum atomic E-state index is 13.5. The molecule has 0 atom stereocenters. The van der Waals surface area contributed by atoms with Crippen molar-refractivity contribution in [2.24, 2.45) is 0 Å². The Kier molecular flexibility index (Phi) is 7.56. The molecule has 0 unspecified atom stereocenters. The summed E-state index contributed by atoms with van der Waals surface area (Å²) in [4.78, 5) is 13.0. The van der Waals surface area contributed by atoms with E-state index >= 15 is 0 Å². The van der Waals surface area contributed by atoms with Crippen LogP contribution in [0.3, 0.4) is 0 Å². The van der Waals surface area contributed by atoms with Gasteiger partial charge in [-0.2, -0.15) is 0 Å². The Hall–Kier alpha value is -2.87. The number of carbonyl (C=O) groups excluding carboxylic acids is 1. The van der Waals surface area contributed by atoms with Gasteiger partial charge < -0.3 is 10.1 Å². The first-order valence-corrected chi connectivity index (χ1v) is 11.8. The first-order chi connectivity index (χ1) is 15.2. The third kappa shape index (κ3) is 5.68. The van der Waals surface area contributed by atoms with Gasteiger partial charge in [0.25, 0.3) is 10.0 Å². The summed E-state index contributed by atoms with van der Waals surface area (Å²) in [7, 11) is -2.41. The highest BCUT2D eigenvalue weighted by molar-refractivity contribution is 7.92. The first-order valence-electron chi connectivity index (χ1n) is 9.94. The predicted octanol–water partition coefficient (Wildman–Crippen LogP) is 4.94. The lowest BCUT2D eigenvalue weighted by Gasteiger charge is -2.26. The summed E-state index contributed by atoms with van der Waals surface area (Å²) in [6.07, 6.45) is 0. The molecule has 0 aliphatic rings. The Labute approximate surface area is 193 Å². The lowest BCUT2D eigenvalue weighted by Crippen LogP contribution is -2.38. The highest BCUT2D eigenvalue weighted by atomic mass is 35.5. The molecule has 0 fully saturated rings. The van der Waals surface area contributed by atoms with Gasteiger partial charge in [0, 0.05) is 17.8 Å². The molecule has 1 N–H and O–H groups in total. The Morgan fingerprint density at radius 3 is 2.41 bits per heavy atom. The Balaban J connectivity index is 1.95. The molecule has 0 aromatic heterocycles. The smallest absolute Gasteiger partial charge is 0.264 e. The molecular weight excluding hydrogens is 448 g/mol. The minimum absolute atomic E-state index is 0.104. The molecule has 1 amide bonds. The van der Waals surface area contributed by atoms with Crippen molar-refractivity contribution in [1.29, 1.82) is 0 Å². The second-order valence-corrected chi connectivity index (χ2v) is 9.74. The number of nitrogens with zero attached hydrogens (tertiary/aromatic N) is 1. The molecule has 0 aliphatic heterocycles. The van der Waals surface area contributed by atoms with E-state index in [0.717, 1.165) is 15.4 Å². The quantitative estimate of drug-likeness (QED) is 0.504. The Bertz CT molecular complexity index is 1210. The first kappa shape index (κ1) is 23.8. The summed E-state index contributed by atoms with van der Waals surface area (Å²) in [6.45, 7) is 3.64. The minimum Gasteiger partial charge on any atom is -0.380 e. The van der Waals surface area contributed by atoms with E-state index in [1.807, 2.05) is 13.0 Å². The molecule has 168 valence electrons. The predicted molar refractivity (Wildman–Crippen MR) is 128 cm³/mol. The average molecular weight is 473 g/mol. The normalized spacial score (nSPS) is 11.2. The van der Waals surface area contributed by atoms with Crippen LogP contribution in [0.1, 0.15) is 16.7 Å². The topological polar surface area (TPSA) is 75.7 Å². The third-order valence-corrected chi connectivity index (χ3v) is 6.85. The van der Waals surface area contributed by atoms with E-state index in [4.69, 9.17) is 16.3 Å². The van der Waals surface area contributed by atoms with Crippen molar-refractivity contribution < 1.29 is 17.9 Å². The number of rotatable bonds is 8. The Morgan fingerprint density at radius 2 is 1.75 bits per heavy atom. The molecule has 3 aromatic rings. The summed E-state index contributed by atoms with van der Waals surface area (Å²) >= 11 is 6.07. The van der Waals surface area contributed by atoms with Gasteiger partial charge >= 0.3 is 0 Å².